The van der Waals surface area contributed by atoms with Crippen LogP contribution in [0.1, 0.15) is 58.8 Å². The van der Waals surface area contributed by atoms with Crippen LogP contribution in [-0.2, 0) is 4.74 Å². The monoisotopic (exact) mass is 201 g/mol. The van der Waals surface area contributed by atoms with Crippen LogP contribution < -0.4 is 5.73 Å². The number of ether oxygens (including phenoxy) is 1. The smallest absolute Gasteiger partial charge is 0.0480 e. The molecule has 0 bridgehead atoms. The van der Waals surface area contributed by atoms with Crippen molar-refractivity contribution in [3.05, 3.63) is 0 Å². The van der Waals surface area contributed by atoms with Gasteiger partial charge in [0.05, 0.1) is 0 Å². The lowest BCUT2D eigenvalue weighted by Crippen LogP contribution is -2.21. The van der Waals surface area contributed by atoms with Gasteiger partial charge >= 0.3 is 0 Å². The molecule has 0 amide bonds. The molecule has 0 aliphatic carbocycles. The quantitative estimate of drug-likeness (QED) is 0.551. The van der Waals surface area contributed by atoms with Crippen molar-refractivity contribution in [3.8, 4) is 0 Å². The Morgan fingerprint density at radius 3 is 2.36 bits per heavy atom. The Morgan fingerprint density at radius 1 is 0.929 bits per heavy atom. The minimum absolute atomic E-state index is 0.351. The fourth-order valence-corrected chi connectivity index (χ4v) is 1.46. The summed E-state index contributed by atoms with van der Waals surface area (Å²) in [6.45, 7) is 6.08. The minimum Gasteiger partial charge on any atom is -0.381 e. The van der Waals surface area contributed by atoms with Crippen LogP contribution in [0.2, 0.25) is 0 Å². The maximum Gasteiger partial charge on any atom is 0.0480 e. The van der Waals surface area contributed by atoms with Gasteiger partial charge in [-0.25, -0.2) is 0 Å². The zero-order valence-corrected chi connectivity index (χ0v) is 9.93. The van der Waals surface area contributed by atoms with Crippen LogP contribution in [-0.4, -0.2) is 19.3 Å². The predicted molar refractivity (Wildman–Crippen MR) is 62.5 cm³/mol. The lowest BCUT2D eigenvalue weighted by Gasteiger charge is -2.11. The highest BCUT2D eigenvalue weighted by Gasteiger charge is 2.01. The molecule has 14 heavy (non-hydrogen) atoms. The number of nitrogens with two attached hydrogens (primary N) is 1. The van der Waals surface area contributed by atoms with Crippen LogP contribution in [0.15, 0.2) is 0 Å². The maximum atomic E-state index is 5.96. The zero-order chi connectivity index (χ0) is 10.6. The fourth-order valence-electron chi connectivity index (χ4n) is 1.46. The van der Waals surface area contributed by atoms with Crippen molar-refractivity contribution in [1.29, 1.82) is 0 Å². The minimum atomic E-state index is 0.351. The summed E-state index contributed by atoms with van der Waals surface area (Å²) in [4.78, 5) is 0. The van der Waals surface area contributed by atoms with Gasteiger partial charge < -0.3 is 10.5 Å². The topological polar surface area (TPSA) is 35.2 Å². The molecule has 0 aliphatic heterocycles. The summed E-state index contributed by atoms with van der Waals surface area (Å²) in [5.74, 6) is 0. The Bertz CT molecular complexity index is 94.5. The molecule has 2 nitrogen and oxygen atoms in total. The molecule has 0 heterocycles. The van der Waals surface area contributed by atoms with Crippen molar-refractivity contribution >= 4 is 0 Å². The summed E-state index contributed by atoms with van der Waals surface area (Å²) in [6, 6.07) is 0.351. The van der Waals surface area contributed by atoms with Gasteiger partial charge in [0.1, 0.15) is 0 Å². The number of unbranched alkanes of at least 4 members (excludes halogenated alkanes) is 3. The molecule has 0 aromatic heterocycles. The third-order valence-electron chi connectivity index (χ3n) is 2.41. The van der Waals surface area contributed by atoms with E-state index in [1.807, 2.05) is 0 Å². The average molecular weight is 201 g/mol. The molecule has 0 saturated carbocycles. The standard InChI is InChI=1S/C12H27NO/c1-3-5-6-7-8-12(13)9-11-14-10-4-2/h12H,3-11,13H2,1-2H3. The van der Waals surface area contributed by atoms with Gasteiger partial charge in [0.15, 0.2) is 0 Å². The Labute approximate surface area is 89.2 Å². The zero-order valence-electron chi connectivity index (χ0n) is 9.93. The van der Waals surface area contributed by atoms with E-state index in [1.165, 1.54) is 25.7 Å². The number of hydrogen-bond acceptors (Lipinski definition) is 2. The van der Waals surface area contributed by atoms with E-state index in [-0.39, 0.29) is 0 Å². The van der Waals surface area contributed by atoms with E-state index in [0.29, 0.717) is 6.04 Å². The van der Waals surface area contributed by atoms with Gasteiger partial charge in [0.2, 0.25) is 0 Å². The van der Waals surface area contributed by atoms with Gasteiger partial charge in [-0.15, -0.1) is 0 Å². The van der Waals surface area contributed by atoms with Crippen molar-refractivity contribution < 1.29 is 4.74 Å². The van der Waals surface area contributed by atoms with Gasteiger partial charge in [0, 0.05) is 19.3 Å². The molecular formula is C12H27NO. The van der Waals surface area contributed by atoms with E-state index < -0.39 is 0 Å². The molecule has 0 aromatic rings. The predicted octanol–water partition coefficient (Wildman–Crippen LogP) is 3.10. The lowest BCUT2D eigenvalue weighted by atomic mass is 10.1. The Morgan fingerprint density at radius 2 is 1.71 bits per heavy atom. The molecule has 0 spiro atoms. The Kier molecular flexibility index (Phi) is 10.9. The second kappa shape index (κ2) is 11.0. The first kappa shape index (κ1) is 13.9. The summed E-state index contributed by atoms with van der Waals surface area (Å²) in [5, 5.41) is 0. The SMILES string of the molecule is CCCCCCC(N)CCOCCC. The highest BCUT2D eigenvalue weighted by atomic mass is 16.5. The molecule has 0 rings (SSSR count). The molecule has 86 valence electrons. The first-order valence-corrected chi connectivity index (χ1v) is 6.14. The maximum absolute atomic E-state index is 5.96. The summed E-state index contributed by atoms with van der Waals surface area (Å²) in [5.41, 5.74) is 5.96. The first-order chi connectivity index (χ1) is 6.81. The summed E-state index contributed by atoms with van der Waals surface area (Å²) in [7, 11) is 0. The van der Waals surface area contributed by atoms with Crippen LogP contribution in [0.3, 0.4) is 0 Å². The van der Waals surface area contributed by atoms with Crippen LogP contribution in [0, 0.1) is 0 Å². The summed E-state index contributed by atoms with van der Waals surface area (Å²) >= 11 is 0. The van der Waals surface area contributed by atoms with Gasteiger partial charge in [0.25, 0.3) is 0 Å². The molecule has 0 radical (unpaired) electrons. The second-order valence-electron chi connectivity index (χ2n) is 4.01. The van der Waals surface area contributed by atoms with Crippen LogP contribution in [0.4, 0.5) is 0 Å². The second-order valence-corrected chi connectivity index (χ2v) is 4.01. The van der Waals surface area contributed by atoms with Gasteiger partial charge in [-0.05, 0) is 19.3 Å². The van der Waals surface area contributed by atoms with Crippen molar-refractivity contribution in [2.75, 3.05) is 13.2 Å². The number of rotatable bonds is 10. The first-order valence-electron chi connectivity index (χ1n) is 6.14. The molecular weight excluding hydrogens is 174 g/mol. The molecule has 0 aromatic carbocycles. The molecule has 1 atom stereocenters. The highest BCUT2D eigenvalue weighted by molar-refractivity contribution is 4.60. The Hall–Kier alpha value is -0.0800. The summed E-state index contributed by atoms with van der Waals surface area (Å²) in [6.07, 6.45) is 8.55. The Balaban J connectivity index is 3.07. The third kappa shape index (κ3) is 10.0. The molecule has 1 unspecified atom stereocenters. The molecule has 0 saturated heterocycles. The van der Waals surface area contributed by atoms with Crippen LogP contribution in [0.5, 0.6) is 0 Å². The molecule has 0 aliphatic rings. The van der Waals surface area contributed by atoms with E-state index >= 15 is 0 Å². The van der Waals surface area contributed by atoms with E-state index in [2.05, 4.69) is 13.8 Å². The fraction of sp³-hybridized carbons (Fsp3) is 1.00. The largest absolute Gasteiger partial charge is 0.381 e. The van der Waals surface area contributed by atoms with Crippen molar-refractivity contribution in [3.63, 3.8) is 0 Å². The van der Waals surface area contributed by atoms with Gasteiger partial charge in [-0.2, -0.15) is 0 Å². The van der Waals surface area contributed by atoms with Crippen molar-refractivity contribution in [1.82, 2.24) is 0 Å². The van der Waals surface area contributed by atoms with Crippen LogP contribution >= 0.6 is 0 Å². The van der Waals surface area contributed by atoms with E-state index in [0.717, 1.165) is 32.5 Å². The van der Waals surface area contributed by atoms with E-state index in [9.17, 15) is 0 Å². The normalized spacial score (nSPS) is 13.1. The van der Waals surface area contributed by atoms with Crippen molar-refractivity contribution in [2.45, 2.75) is 64.8 Å². The highest BCUT2D eigenvalue weighted by Crippen LogP contribution is 2.06. The van der Waals surface area contributed by atoms with Crippen LogP contribution in [0.25, 0.3) is 0 Å². The lowest BCUT2D eigenvalue weighted by molar-refractivity contribution is 0.127. The van der Waals surface area contributed by atoms with E-state index in [1.54, 1.807) is 0 Å². The molecule has 0 fully saturated rings. The van der Waals surface area contributed by atoms with Gasteiger partial charge in [-0.3, -0.25) is 0 Å². The summed E-state index contributed by atoms with van der Waals surface area (Å²) < 4.78 is 5.40. The molecule has 2 N–H and O–H groups in total. The average Bonchev–Trinajstić information content (AvgIpc) is 2.19. The number of hydrogen-bond donors (Lipinski definition) is 1. The van der Waals surface area contributed by atoms with Crippen molar-refractivity contribution in [2.24, 2.45) is 5.73 Å². The van der Waals surface area contributed by atoms with E-state index in [4.69, 9.17) is 10.5 Å². The van der Waals surface area contributed by atoms with Gasteiger partial charge in [-0.1, -0.05) is 39.5 Å². The molecule has 2 heteroatoms. The third-order valence-corrected chi connectivity index (χ3v) is 2.41.